The average molecular weight is 71.1 g/mol. The van der Waals surface area contributed by atoms with Gasteiger partial charge in [0.05, 0.1) is 0 Å². The van der Waals surface area contributed by atoms with Crippen molar-refractivity contribution in [3.05, 3.63) is 6.61 Å². The fourth-order valence-corrected chi connectivity index (χ4v) is 0.255. The maximum atomic E-state index is 4.44. The first-order chi connectivity index (χ1) is 2.50. The van der Waals surface area contributed by atoms with Gasteiger partial charge in [-0.2, -0.15) is 0 Å². The van der Waals surface area contributed by atoms with E-state index in [1.54, 1.807) is 0 Å². The van der Waals surface area contributed by atoms with Gasteiger partial charge in [0, 0.05) is 6.54 Å². The minimum Gasteiger partial charge on any atom is -0.289 e. The van der Waals surface area contributed by atoms with Crippen molar-refractivity contribution in [3.8, 4) is 0 Å². The maximum absolute atomic E-state index is 4.44. The number of hydrogen-bond acceptors (Lipinski definition) is 2. The molecule has 1 rings (SSSR count). The van der Waals surface area contributed by atoms with Gasteiger partial charge in [0.2, 0.25) is 0 Å². The minimum atomic E-state index is 0.917. The van der Waals surface area contributed by atoms with Crippen molar-refractivity contribution in [2.45, 2.75) is 6.42 Å². The van der Waals surface area contributed by atoms with E-state index in [1.165, 1.54) is 0 Å². The van der Waals surface area contributed by atoms with Gasteiger partial charge >= 0.3 is 0 Å². The number of nitrogens with one attached hydrogen (secondary N) is 1. The third kappa shape index (κ3) is 0.597. The summed E-state index contributed by atoms with van der Waals surface area (Å²) in [7, 11) is 0. The Labute approximate surface area is 31.1 Å². The van der Waals surface area contributed by atoms with Crippen LogP contribution in [0.15, 0.2) is 0 Å². The van der Waals surface area contributed by atoms with Crippen molar-refractivity contribution in [2.24, 2.45) is 0 Å². The zero-order valence-electron chi connectivity index (χ0n) is 2.82. The zero-order valence-corrected chi connectivity index (χ0v) is 2.82. The van der Waals surface area contributed by atoms with E-state index in [4.69, 9.17) is 0 Å². The van der Waals surface area contributed by atoms with E-state index >= 15 is 0 Å². The predicted molar refractivity (Wildman–Crippen MR) is 16.9 cm³/mol. The smallest absolute Gasteiger partial charge is 0.159 e. The normalized spacial score (nSPS) is 24.0. The van der Waals surface area contributed by atoms with Crippen molar-refractivity contribution in [2.75, 3.05) is 6.54 Å². The summed E-state index contributed by atoms with van der Waals surface area (Å²) in [6, 6.07) is 0. The standard InChI is InChI=1S/C3H5NO/c1-2-4-5-3-1/h4H,1-2H2. The molecule has 0 aromatic rings. The highest BCUT2D eigenvalue weighted by molar-refractivity contribution is 4.55. The summed E-state index contributed by atoms with van der Waals surface area (Å²) < 4.78 is 0. The van der Waals surface area contributed by atoms with E-state index in [9.17, 15) is 0 Å². The molecule has 0 amide bonds. The molecule has 1 aliphatic heterocycles. The number of hydroxylamine groups is 1. The zero-order chi connectivity index (χ0) is 3.54. The molecular formula is C3H5NO. The van der Waals surface area contributed by atoms with Crippen LogP contribution in [0.1, 0.15) is 6.42 Å². The molecule has 0 spiro atoms. The van der Waals surface area contributed by atoms with Gasteiger partial charge in [-0.1, -0.05) is 0 Å². The molecule has 0 aliphatic carbocycles. The van der Waals surface area contributed by atoms with Gasteiger partial charge < -0.3 is 0 Å². The van der Waals surface area contributed by atoms with Crippen molar-refractivity contribution in [1.82, 2.24) is 5.48 Å². The molecule has 1 N–H and O–H groups in total. The molecule has 1 fully saturated rings. The molecule has 2 nitrogen and oxygen atoms in total. The predicted octanol–water partition coefficient (Wildman–Crippen LogP) is -0.0499. The van der Waals surface area contributed by atoms with E-state index in [0.717, 1.165) is 13.0 Å². The molecule has 1 saturated heterocycles. The van der Waals surface area contributed by atoms with Crippen molar-refractivity contribution in [3.63, 3.8) is 0 Å². The molecule has 0 atom stereocenters. The molecule has 2 heteroatoms. The molecule has 0 aromatic heterocycles. The summed E-state index contributed by atoms with van der Waals surface area (Å²) >= 11 is 0. The van der Waals surface area contributed by atoms with Gasteiger partial charge in [-0.3, -0.25) is 4.84 Å². The Kier molecular flexibility index (Phi) is 0.862. The second kappa shape index (κ2) is 1.38. The van der Waals surface area contributed by atoms with Crippen LogP contribution in [0.3, 0.4) is 0 Å². The minimum absolute atomic E-state index is 0.917. The Morgan fingerprint density at radius 2 is 2.80 bits per heavy atom. The molecule has 28 valence electrons. The lowest BCUT2D eigenvalue weighted by atomic mass is 10.5. The Hall–Kier alpha value is -0.0800. The summed E-state index contributed by atoms with van der Waals surface area (Å²) in [5.74, 6) is 0. The van der Waals surface area contributed by atoms with Crippen molar-refractivity contribution < 1.29 is 4.84 Å². The lowest BCUT2D eigenvalue weighted by molar-refractivity contribution is 0.148. The Morgan fingerprint density at radius 1 is 1.80 bits per heavy atom. The van der Waals surface area contributed by atoms with Crippen LogP contribution < -0.4 is 5.48 Å². The lowest BCUT2D eigenvalue weighted by Gasteiger charge is -1.78. The first-order valence-electron chi connectivity index (χ1n) is 1.62. The van der Waals surface area contributed by atoms with E-state index < -0.39 is 0 Å². The summed E-state index contributed by atoms with van der Waals surface area (Å²) in [5, 5.41) is 0. The third-order valence-electron chi connectivity index (χ3n) is 0.473. The summed E-state index contributed by atoms with van der Waals surface area (Å²) in [5.41, 5.74) is 2.61. The van der Waals surface area contributed by atoms with Crippen LogP contribution >= 0.6 is 0 Å². The highest BCUT2D eigenvalue weighted by atomic mass is 16.6. The monoisotopic (exact) mass is 71.0 g/mol. The van der Waals surface area contributed by atoms with Crippen molar-refractivity contribution >= 4 is 0 Å². The SMILES string of the molecule is [C]1CCNO1. The largest absolute Gasteiger partial charge is 0.289 e. The first kappa shape index (κ1) is 3.12. The van der Waals surface area contributed by atoms with Gasteiger partial charge in [-0.05, 0) is 6.42 Å². The summed E-state index contributed by atoms with van der Waals surface area (Å²) in [4.78, 5) is 4.44. The fourth-order valence-electron chi connectivity index (χ4n) is 0.255. The fraction of sp³-hybridized carbons (Fsp3) is 0.667. The highest BCUT2D eigenvalue weighted by Gasteiger charge is 1.95. The Morgan fingerprint density at radius 3 is 3.00 bits per heavy atom. The Bertz CT molecular complexity index is 18.5. The maximum Gasteiger partial charge on any atom is 0.159 e. The second-order valence-electron chi connectivity index (χ2n) is 0.891. The molecule has 0 aromatic carbocycles. The second-order valence-corrected chi connectivity index (χ2v) is 0.891. The molecule has 0 bridgehead atoms. The van der Waals surface area contributed by atoms with Crippen LogP contribution in [0.2, 0.25) is 0 Å². The van der Waals surface area contributed by atoms with Gasteiger partial charge in [0.25, 0.3) is 0 Å². The van der Waals surface area contributed by atoms with Crippen LogP contribution in [0.4, 0.5) is 0 Å². The van der Waals surface area contributed by atoms with Gasteiger partial charge in [0.1, 0.15) is 0 Å². The molecular weight excluding hydrogens is 66.0 g/mol. The molecule has 5 heavy (non-hydrogen) atoms. The van der Waals surface area contributed by atoms with Crippen LogP contribution in [0.5, 0.6) is 0 Å². The number of rotatable bonds is 0. The Balaban J connectivity index is 2.08. The van der Waals surface area contributed by atoms with Crippen molar-refractivity contribution in [1.29, 1.82) is 0 Å². The van der Waals surface area contributed by atoms with Crippen LogP contribution in [-0.4, -0.2) is 6.54 Å². The first-order valence-corrected chi connectivity index (χ1v) is 1.62. The lowest BCUT2D eigenvalue weighted by Crippen LogP contribution is -2.00. The topological polar surface area (TPSA) is 21.3 Å². The molecule has 1 heterocycles. The van der Waals surface area contributed by atoms with Crippen LogP contribution in [-0.2, 0) is 4.84 Å². The molecule has 0 unspecified atom stereocenters. The summed E-state index contributed by atoms with van der Waals surface area (Å²) in [6.07, 6.45) is 0.917. The molecule has 2 radical (unpaired) electrons. The van der Waals surface area contributed by atoms with Gasteiger partial charge in [-0.15, -0.1) is 0 Å². The molecule has 1 aliphatic rings. The van der Waals surface area contributed by atoms with E-state index in [1.807, 2.05) is 0 Å². The quantitative estimate of drug-likeness (QED) is 0.432. The van der Waals surface area contributed by atoms with Crippen LogP contribution in [0.25, 0.3) is 0 Å². The molecule has 0 saturated carbocycles. The van der Waals surface area contributed by atoms with E-state index in [-0.39, 0.29) is 0 Å². The van der Waals surface area contributed by atoms with Crippen LogP contribution in [0, 0.1) is 6.61 Å². The van der Waals surface area contributed by atoms with Gasteiger partial charge in [-0.25, -0.2) is 5.48 Å². The van der Waals surface area contributed by atoms with E-state index in [0.29, 0.717) is 0 Å². The van der Waals surface area contributed by atoms with Gasteiger partial charge in [0.15, 0.2) is 6.61 Å². The summed E-state index contributed by atoms with van der Waals surface area (Å²) in [6.45, 7) is 3.53. The third-order valence-corrected chi connectivity index (χ3v) is 0.473. The average Bonchev–Trinajstić information content (AvgIpc) is 1.76. The van der Waals surface area contributed by atoms with E-state index in [2.05, 4.69) is 16.9 Å². The number of hydrogen-bond donors (Lipinski definition) is 1. The highest BCUT2D eigenvalue weighted by Crippen LogP contribution is 1.90.